The van der Waals surface area contributed by atoms with Gasteiger partial charge in [-0.15, -0.1) is 0 Å². The molecular weight excluding hydrogens is 252 g/mol. The number of hydrogen-bond acceptors (Lipinski definition) is 3. The lowest BCUT2D eigenvalue weighted by Crippen LogP contribution is -2.20. The highest BCUT2D eigenvalue weighted by Crippen LogP contribution is 2.13. The van der Waals surface area contributed by atoms with Gasteiger partial charge in [0, 0.05) is 30.5 Å². The number of nitrogens with zero attached hydrogens (tertiary/aromatic N) is 2. The predicted molar refractivity (Wildman–Crippen MR) is 79.3 cm³/mol. The van der Waals surface area contributed by atoms with E-state index in [9.17, 15) is 4.79 Å². The van der Waals surface area contributed by atoms with Gasteiger partial charge in [-0.2, -0.15) is 0 Å². The first kappa shape index (κ1) is 14.3. The SMILES string of the molecule is CC(C)c1nccn1CC(=O)Nc1ccc(CN)cc1. The van der Waals surface area contributed by atoms with Gasteiger partial charge in [0.15, 0.2) is 0 Å². The van der Waals surface area contributed by atoms with Crippen LogP contribution in [0.15, 0.2) is 36.7 Å². The van der Waals surface area contributed by atoms with Crippen molar-refractivity contribution in [3.05, 3.63) is 48.0 Å². The molecule has 0 bridgehead atoms. The maximum absolute atomic E-state index is 12.0. The molecule has 0 unspecified atom stereocenters. The summed E-state index contributed by atoms with van der Waals surface area (Å²) >= 11 is 0. The minimum Gasteiger partial charge on any atom is -0.326 e. The second-order valence-corrected chi connectivity index (χ2v) is 5.02. The molecular formula is C15H20N4O. The first-order valence-electron chi connectivity index (χ1n) is 6.70. The summed E-state index contributed by atoms with van der Waals surface area (Å²) < 4.78 is 1.87. The van der Waals surface area contributed by atoms with Gasteiger partial charge in [0.25, 0.3) is 0 Å². The van der Waals surface area contributed by atoms with Crippen molar-refractivity contribution in [3.63, 3.8) is 0 Å². The van der Waals surface area contributed by atoms with Gasteiger partial charge in [0.05, 0.1) is 0 Å². The maximum atomic E-state index is 12.0. The summed E-state index contributed by atoms with van der Waals surface area (Å²) in [5.41, 5.74) is 7.36. The van der Waals surface area contributed by atoms with E-state index in [1.54, 1.807) is 6.20 Å². The fraction of sp³-hybridized carbons (Fsp3) is 0.333. The molecule has 0 spiro atoms. The van der Waals surface area contributed by atoms with Crippen LogP contribution in [0, 0.1) is 0 Å². The highest BCUT2D eigenvalue weighted by Gasteiger charge is 2.10. The molecule has 1 aromatic carbocycles. The summed E-state index contributed by atoms with van der Waals surface area (Å²) in [4.78, 5) is 16.3. The van der Waals surface area contributed by atoms with Crippen LogP contribution in [0.4, 0.5) is 5.69 Å². The van der Waals surface area contributed by atoms with E-state index >= 15 is 0 Å². The summed E-state index contributed by atoms with van der Waals surface area (Å²) in [7, 11) is 0. The summed E-state index contributed by atoms with van der Waals surface area (Å²) in [6.07, 6.45) is 3.55. The first-order chi connectivity index (χ1) is 9.60. The molecule has 20 heavy (non-hydrogen) atoms. The van der Waals surface area contributed by atoms with Crippen molar-refractivity contribution in [3.8, 4) is 0 Å². The van der Waals surface area contributed by atoms with Crippen molar-refractivity contribution in [1.82, 2.24) is 9.55 Å². The number of nitrogens with one attached hydrogen (secondary N) is 1. The third kappa shape index (κ3) is 3.45. The van der Waals surface area contributed by atoms with Crippen molar-refractivity contribution in [2.75, 3.05) is 5.32 Å². The van der Waals surface area contributed by atoms with E-state index in [4.69, 9.17) is 5.73 Å². The molecule has 2 aromatic rings. The van der Waals surface area contributed by atoms with Gasteiger partial charge in [-0.25, -0.2) is 4.98 Å². The topological polar surface area (TPSA) is 72.9 Å². The first-order valence-corrected chi connectivity index (χ1v) is 6.70. The molecule has 1 aromatic heterocycles. The molecule has 0 atom stereocenters. The Labute approximate surface area is 118 Å². The van der Waals surface area contributed by atoms with Crippen LogP contribution in [0.3, 0.4) is 0 Å². The Morgan fingerprint density at radius 2 is 2.05 bits per heavy atom. The number of benzene rings is 1. The molecule has 2 rings (SSSR count). The number of nitrogens with two attached hydrogens (primary N) is 1. The molecule has 0 aliphatic heterocycles. The molecule has 0 saturated carbocycles. The summed E-state index contributed by atoms with van der Waals surface area (Å²) in [6.45, 7) is 4.89. The molecule has 5 nitrogen and oxygen atoms in total. The van der Waals surface area contributed by atoms with Crippen LogP contribution < -0.4 is 11.1 Å². The Hall–Kier alpha value is -2.14. The zero-order chi connectivity index (χ0) is 14.5. The van der Waals surface area contributed by atoms with E-state index in [1.165, 1.54) is 0 Å². The lowest BCUT2D eigenvalue weighted by atomic mass is 10.2. The van der Waals surface area contributed by atoms with Crippen LogP contribution in [-0.4, -0.2) is 15.5 Å². The Bertz CT molecular complexity index is 572. The fourth-order valence-corrected chi connectivity index (χ4v) is 2.03. The Morgan fingerprint density at radius 3 is 2.65 bits per heavy atom. The highest BCUT2D eigenvalue weighted by molar-refractivity contribution is 5.90. The van der Waals surface area contributed by atoms with Crippen LogP contribution in [0.2, 0.25) is 0 Å². The second-order valence-electron chi connectivity index (χ2n) is 5.02. The normalized spacial score (nSPS) is 10.8. The third-order valence-corrected chi connectivity index (χ3v) is 3.05. The standard InChI is InChI=1S/C15H20N4O/c1-11(2)15-17-7-8-19(15)10-14(20)18-13-5-3-12(9-16)4-6-13/h3-8,11H,9-10,16H2,1-2H3,(H,18,20). The number of anilines is 1. The van der Waals surface area contributed by atoms with Crippen LogP contribution in [0.5, 0.6) is 0 Å². The number of carbonyl (C=O) groups is 1. The van der Waals surface area contributed by atoms with E-state index in [0.717, 1.165) is 17.1 Å². The number of amides is 1. The molecule has 0 aliphatic carbocycles. The van der Waals surface area contributed by atoms with E-state index < -0.39 is 0 Å². The monoisotopic (exact) mass is 272 g/mol. The van der Waals surface area contributed by atoms with Crippen LogP contribution in [0.25, 0.3) is 0 Å². The Morgan fingerprint density at radius 1 is 1.35 bits per heavy atom. The minimum atomic E-state index is -0.0644. The smallest absolute Gasteiger partial charge is 0.244 e. The Balaban J connectivity index is 1.99. The molecule has 0 fully saturated rings. The maximum Gasteiger partial charge on any atom is 0.244 e. The van der Waals surface area contributed by atoms with Crippen molar-refractivity contribution < 1.29 is 4.79 Å². The highest BCUT2D eigenvalue weighted by atomic mass is 16.1. The molecule has 5 heteroatoms. The van der Waals surface area contributed by atoms with Crippen LogP contribution in [-0.2, 0) is 17.9 Å². The summed E-state index contributed by atoms with van der Waals surface area (Å²) in [5.74, 6) is 1.14. The number of aromatic nitrogens is 2. The van der Waals surface area contributed by atoms with E-state index in [2.05, 4.69) is 24.1 Å². The summed E-state index contributed by atoms with van der Waals surface area (Å²) in [5, 5.41) is 2.87. The average molecular weight is 272 g/mol. The zero-order valence-electron chi connectivity index (χ0n) is 11.8. The second kappa shape index (κ2) is 6.34. The predicted octanol–water partition coefficient (Wildman–Crippen LogP) is 2.10. The number of rotatable bonds is 5. The minimum absolute atomic E-state index is 0.0644. The van der Waals surface area contributed by atoms with Crippen molar-refractivity contribution in [2.24, 2.45) is 5.73 Å². The van der Waals surface area contributed by atoms with Crippen molar-refractivity contribution in [1.29, 1.82) is 0 Å². The number of imidazole rings is 1. The van der Waals surface area contributed by atoms with Crippen LogP contribution >= 0.6 is 0 Å². The lowest BCUT2D eigenvalue weighted by Gasteiger charge is -2.11. The molecule has 1 amide bonds. The van der Waals surface area contributed by atoms with Gasteiger partial charge >= 0.3 is 0 Å². The largest absolute Gasteiger partial charge is 0.326 e. The van der Waals surface area contributed by atoms with E-state index in [-0.39, 0.29) is 12.5 Å². The average Bonchev–Trinajstić information content (AvgIpc) is 2.87. The molecule has 0 radical (unpaired) electrons. The molecule has 0 saturated heterocycles. The van der Waals surface area contributed by atoms with Gasteiger partial charge < -0.3 is 15.6 Å². The van der Waals surface area contributed by atoms with Crippen LogP contribution in [0.1, 0.15) is 31.2 Å². The van der Waals surface area contributed by atoms with Gasteiger partial charge in [0.2, 0.25) is 5.91 Å². The fourth-order valence-electron chi connectivity index (χ4n) is 2.03. The van der Waals surface area contributed by atoms with Crippen molar-refractivity contribution >= 4 is 11.6 Å². The molecule has 106 valence electrons. The summed E-state index contributed by atoms with van der Waals surface area (Å²) in [6, 6.07) is 7.54. The molecule has 0 aliphatic rings. The molecule has 3 N–H and O–H groups in total. The molecule has 1 heterocycles. The van der Waals surface area contributed by atoms with E-state index in [1.807, 2.05) is 35.0 Å². The van der Waals surface area contributed by atoms with Gasteiger partial charge in [-0.3, -0.25) is 4.79 Å². The van der Waals surface area contributed by atoms with Gasteiger partial charge in [0.1, 0.15) is 12.4 Å². The van der Waals surface area contributed by atoms with E-state index in [0.29, 0.717) is 12.5 Å². The van der Waals surface area contributed by atoms with Gasteiger partial charge in [-0.05, 0) is 17.7 Å². The number of carbonyl (C=O) groups excluding carboxylic acids is 1. The third-order valence-electron chi connectivity index (χ3n) is 3.05. The Kier molecular flexibility index (Phi) is 4.53. The quantitative estimate of drug-likeness (QED) is 0.875. The number of hydrogen-bond donors (Lipinski definition) is 2. The van der Waals surface area contributed by atoms with Gasteiger partial charge in [-0.1, -0.05) is 26.0 Å². The lowest BCUT2D eigenvalue weighted by molar-refractivity contribution is -0.116. The van der Waals surface area contributed by atoms with Crippen molar-refractivity contribution in [2.45, 2.75) is 32.9 Å². The zero-order valence-corrected chi connectivity index (χ0v) is 11.8.